The van der Waals surface area contributed by atoms with Crippen LogP contribution in [0.4, 0.5) is 20.3 Å². The second-order valence-electron chi connectivity index (χ2n) is 7.75. The van der Waals surface area contributed by atoms with Crippen LogP contribution in [0.5, 0.6) is 5.88 Å². The number of aromatic amines is 1. The SMILES string of the molecule is Oc1[nH]cc2nc(-c3c(F)cccc3F)cc(Nc3ccc(C4(O)CCOCC4)cn3)c12. The molecule has 4 N–H and O–H groups in total. The van der Waals surface area contributed by atoms with E-state index in [-0.39, 0.29) is 17.1 Å². The lowest BCUT2D eigenvalue weighted by atomic mass is 9.87. The number of aromatic hydroxyl groups is 1. The number of rotatable bonds is 4. The molecular weight excluding hydrogens is 418 g/mol. The van der Waals surface area contributed by atoms with Crippen molar-refractivity contribution in [1.82, 2.24) is 15.0 Å². The lowest BCUT2D eigenvalue weighted by Crippen LogP contribution is -2.33. The third kappa shape index (κ3) is 3.55. The number of hydrogen-bond acceptors (Lipinski definition) is 6. The lowest BCUT2D eigenvalue weighted by molar-refractivity contribution is -0.0680. The van der Waals surface area contributed by atoms with Crippen molar-refractivity contribution in [2.75, 3.05) is 18.5 Å². The molecule has 1 saturated heterocycles. The molecule has 0 aliphatic carbocycles. The van der Waals surface area contributed by atoms with Gasteiger partial charge >= 0.3 is 0 Å². The fraction of sp³-hybridized carbons (Fsp3) is 0.217. The van der Waals surface area contributed by atoms with Gasteiger partial charge in [-0.25, -0.2) is 18.7 Å². The number of aromatic nitrogens is 3. The number of nitrogens with zero attached hydrogens (tertiary/aromatic N) is 2. The second-order valence-corrected chi connectivity index (χ2v) is 7.75. The number of benzene rings is 1. The van der Waals surface area contributed by atoms with Crippen molar-refractivity contribution >= 4 is 22.4 Å². The van der Waals surface area contributed by atoms with E-state index in [2.05, 4.69) is 20.3 Å². The number of halogens is 2. The molecule has 9 heteroatoms. The first-order chi connectivity index (χ1) is 15.4. The predicted molar refractivity (Wildman–Crippen MR) is 115 cm³/mol. The number of pyridine rings is 2. The minimum Gasteiger partial charge on any atom is -0.494 e. The molecule has 0 unspecified atom stereocenters. The Kier molecular flexibility index (Phi) is 4.99. The maximum Gasteiger partial charge on any atom is 0.200 e. The predicted octanol–water partition coefficient (Wildman–Crippen LogP) is 4.35. The molecule has 7 nitrogen and oxygen atoms in total. The molecule has 0 atom stereocenters. The van der Waals surface area contributed by atoms with E-state index in [9.17, 15) is 19.0 Å². The van der Waals surface area contributed by atoms with Crippen LogP contribution in [-0.2, 0) is 10.3 Å². The number of H-pyrrole nitrogens is 1. The molecule has 1 aromatic carbocycles. The van der Waals surface area contributed by atoms with Gasteiger partial charge in [0.25, 0.3) is 0 Å². The Labute approximate surface area is 181 Å². The summed E-state index contributed by atoms with van der Waals surface area (Å²) < 4.78 is 34.0. The molecule has 1 aliphatic heterocycles. The molecule has 0 saturated carbocycles. The van der Waals surface area contributed by atoms with Gasteiger partial charge in [0.15, 0.2) is 5.88 Å². The highest BCUT2D eigenvalue weighted by Crippen LogP contribution is 2.37. The molecule has 4 aromatic rings. The minimum absolute atomic E-state index is 0.0720. The van der Waals surface area contributed by atoms with Crippen LogP contribution in [0.1, 0.15) is 18.4 Å². The first-order valence-electron chi connectivity index (χ1n) is 10.1. The van der Waals surface area contributed by atoms with Crippen molar-refractivity contribution in [3.63, 3.8) is 0 Å². The molecule has 32 heavy (non-hydrogen) atoms. The van der Waals surface area contributed by atoms with Crippen LogP contribution >= 0.6 is 0 Å². The smallest absolute Gasteiger partial charge is 0.200 e. The number of aliphatic hydroxyl groups is 1. The van der Waals surface area contributed by atoms with E-state index in [0.29, 0.717) is 54.0 Å². The average molecular weight is 438 g/mol. The van der Waals surface area contributed by atoms with E-state index in [4.69, 9.17) is 4.74 Å². The van der Waals surface area contributed by atoms with Gasteiger partial charge < -0.3 is 25.3 Å². The zero-order valence-electron chi connectivity index (χ0n) is 16.9. The number of anilines is 2. The Bertz CT molecular complexity index is 1260. The van der Waals surface area contributed by atoms with Gasteiger partial charge in [0.05, 0.1) is 33.4 Å². The summed E-state index contributed by atoms with van der Waals surface area (Å²) in [5, 5.41) is 24.5. The first kappa shape index (κ1) is 20.3. The summed E-state index contributed by atoms with van der Waals surface area (Å²) in [4.78, 5) is 11.3. The maximum absolute atomic E-state index is 14.4. The van der Waals surface area contributed by atoms with E-state index < -0.39 is 17.2 Å². The molecular formula is C23H20F2N4O3. The summed E-state index contributed by atoms with van der Waals surface area (Å²) >= 11 is 0. The number of fused-ring (bicyclic) bond motifs is 1. The Morgan fingerprint density at radius 2 is 1.84 bits per heavy atom. The summed E-state index contributed by atoms with van der Waals surface area (Å²) in [5.41, 5.74) is 0.216. The van der Waals surface area contributed by atoms with E-state index in [1.165, 1.54) is 18.3 Å². The molecule has 0 spiro atoms. The first-order valence-corrected chi connectivity index (χ1v) is 10.1. The monoisotopic (exact) mass is 438 g/mol. The zero-order valence-corrected chi connectivity index (χ0v) is 16.9. The van der Waals surface area contributed by atoms with Gasteiger partial charge in [0, 0.05) is 44.0 Å². The van der Waals surface area contributed by atoms with Crippen LogP contribution in [0, 0.1) is 11.6 Å². The van der Waals surface area contributed by atoms with E-state index >= 15 is 0 Å². The molecule has 5 rings (SSSR count). The van der Waals surface area contributed by atoms with Crippen LogP contribution in [0.15, 0.2) is 48.8 Å². The normalized spacial score (nSPS) is 15.7. The topological polar surface area (TPSA) is 103 Å². The third-order valence-electron chi connectivity index (χ3n) is 5.73. The summed E-state index contributed by atoms with van der Waals surface area (Å²) in [6, 6.07) is 8.53. The molecule has 1 fully saturated rings. The molecule has 0 radical (unpaired) electrons. The highest BCUT2D eigenvalue weighted by atomic mass is 19.1. The van der Waals surface area contributed by atoms with Crippen LogP contribution in [0.3, 0.4) is 0 Å². The zero-order chi connectivity index (χ0) is 22.3. The number of ether oxygens (including phenoxy) is 1. The van der Waals surface area contributed by atoms with Gasteiger partial charge in [0.1, 0.15) is 17.5 Å². The summed E-state index contributed by atoms with van der Waals surface area (Å²) in [6.07, 6.45) is 4.01. The standard InChI is InChI=1S/C23H20F2N4O3/c24-14-2-1-3-15(25)20(14)16-10-17(21-18(28-16)12-27-22(21)30)29-19-5-4-13(11-26-19)23(31)6-8-32-9-7-23/h1-5,10-12,27,30-31H,6-9H2,(H,26,29). The molecule has 3 aromatic heterocycles. The summed E-state index contributed by atoms with van der Waals surface area (Å²) in [5.74, 6) is -1.19. The Balaban J connectivity index is 1.53. The summed E-state index contributed by atoms with van der Waals surface area (Å²) in [6.45, 7) is 0.960. The average Bonchev–Trinajstić information content (AvgIpc) is 3.16. The Morgan fingerprint density at radius 1 is 1.09 bits per heavy atom. The van der Waals surface area contributed by atoms with Crippen molar-refractivity contribution in [3.8, 4) is 17.1 Å². The van der Waals surface area contributed by atoms with Crippen LogP contribution < -0.4 is 5.32 Å². The molecule has 164 valence electrons. The minimum atomic E-state index is -0.984. The van der Waals surface area contributed by atoms with E-state index in [1.54, 1.807) is 18.3 Å². The van der Waals surface area contributed by atoms with E-state index in [0.717, 1.165) is 12.1 Å². The fourth-order valence-corrected chi connectivity index (χ4v) is 3.98. The largest absolute Gasteiger partial charge is 0.494 e. The van der Waals surface area contributed by atoms with Crippen molar-refractivity contribution in [1.29, 1.82) is 0 Å². The third-order valence-corrected chi connectivity index (χ3v) is 5.73. The lowest BCUT2D eigenvalue weighted by Gasteiger charge is -2.32. The quantitative estimate of drug-likeness (QED) is 0.378. The van der Waals surface area contributed by atoms with Crippen molar-refractivity contribution < 1.29 is 23.7 Å². The Hall–Kier alpha value is -3.56. The van der Waals surface area contributed by atoms with Gasteiger partial charge in [0.2, 0.25) is 0 Å². The van der Waals surface area contributed by atoms with Crippen molar-refractivity contribution in [3.05, 3.63) is 66.0 Å². The van der Waals surface area contributed by atoms with Crippen LogP contribution in [0.25, 0.3) is 22.2 Å². The molecule has 4 heterocycles. The van der Waals surface area contributed by atoms with Gasteiger partial charge in [-0.1, -0.05) is 12.1 Å². The van der Waals surface area contributed by atoms with Crippen molar-refractivity contribution in [2.24, 2.45) is 0 Å². The summed E-state index contributed by atoms with van der Waals surface area (Å²) in [7, 11) is 0. The molecule has 0 amide bonds. The highest BCUT2D eigenvalue weighted by molar-refractivity contribution is 5.99. The molecule has 0 bridgehead atoms. The van der Waals surface area contributed by atoms with Crippen LogP contribution in [0.2, 0.25) is 0 Å². The Morgan fingerprint density at radius 3 is 2.53 bits per heavy atom. The van der Waals surface area contributed by atoms with Crippen LogP contribution in [-0.4, -0.2) is 38.4 Å². The van der Waals surface area contributed by atoms with Gasteiger partial charge in [-0.05, 0) is 24.3 Å². The number of hydrogen-bond donors (Lipinski definition) is 4. The number of nitrogens with one attached hydrogen (secondary N) is 2. The second kappa shape index (κ2) is 7.85. The highest BCUT2D eigenvalue weighted by Gasteiger charge is 2.32. The van der Waals surface area contributed by atoms with Gasteiger partial charge in [-0.3, -0.25) is 0 Å². The van der Waals surface area contributed by atoms with Gasteiger partial charge in [-0.2, -0.15) is 0 Å². The maximum atomic E-state index is 14.4. The molecule has 1 aliphatic rings. The van der Waals surface area contributed by atoms with Crippen molar-refractivity contribution in [2.45, 2.75) is 18.4 Å². The van der Waals surface area contributed by atoms with E-state index in [1.807, 2.05) is 0 Å². The fourth-order valence-electron chi connectivity index (χ4n) is 3.98. The van der Waals surface area contributed by atoms with Gasteiger partial charge in [-0.15, -0.1) is 0 Å².